The third-order valence-electron chi connectivity index (χ3n) is 2.97. The van der Waals surface area contributed by atoms with E-state index in [1.807, 2.05) is 0 Å². The SMILES string of the molecule is CC(C(=O)c1ccc(OC(F)(F)F)cc1)c1ccncc1. The predicted molar refractivity (Wildman–Crippen MR) is 70.1 cm³/mol. The fraction of sp³-hybridized carbons (Fsp3) is 0.200. The van der Waals surface area contributed by atoms with Crippen molar-refractivity contribution >= 4 is 5.78 Å². The van der Waals surface area contributed by atoms with Crippen LogP contribution in [0.3, 0.4) is 0 Å². The molecule has 0 amide bonds. The number of ketones is 1. The molecule has 21 heavy (non-hydrogen) atoms. The zero-order chi connectivity index (χ0) is 15.5. The number of nitrogens with zero attached hydrogens (tertiary/aromatic N) is 1. The number of pyridine rings is 1. The standard InChI is InChI=1S/C15H12F3NO2/c1-10(11-6-8-19-9-7-11)14(20)12-2-4-13(5-3-12)21-15(16,17)18/h2-10H,1H3. The molecule has 1 aromatic heterocycles. The van der Waals surface area contributed by atoms with E-state index in [4.69, 9.17) is 0 Å². The Kier molecular flexibility index (Phi) is 4.26. The number of benzene rings is 1. The van der Waals surface area contributed by atoms with E-state index < -0.39 is 12.3 Å². The lowest BCUT2D eigenvalue weighted by Gasteiger charge is -2.12. The van der Waals surface area contributed by atoms with Gasteiger partial charge in [-0.2, -0.15) is 0 Å². The lowest BCUT2D eigenvalue weighted by atomic mass is 9.93. The van der Waals surface area contributed by atoms with Crippen molar-refractivity contribution < 1.29 is 22.7 Å². The molecule has 3 nitrogen and oxygen atoms in total. The third-order valence-corrected chi connectivity index (χ3v) is 2.97. The van der Waals surface area contributed by atoms with Gasteiger partial charge in [0.2, 0.25) is 0 Å². The zero-order valence-corrected chi connectivity index (χ0v) is 11.1. The van der Waals surface area contributed by atoms with Gasteiger partial charge in [0.15, 0.2) is 5.78 Å². The van der Waals surface area contributed by atoms with Gasteiger partial charge in [-0.15, -0.1) is 13.2 Å². The second kappa shape index (κ2) is 5.95. The molecule has 2 rings (SSSR count). The number of carbonyl (C=O) groups is 1. The molecule has 0 aliphatic heterocycles. The highest BCUT2D eigenvalue weighted by atomic mass is 19.4. The molecule has 0 saturated heterocycles. The molecule has 0 aliphatic carbocycles. The van der Waals surface area contributed by atoms with Gasteiger partial charge < -0.3 is 4.74 Å². The number of ether oxygens (including phenoxy) is 1. The number of hydrogen-bond acceptors (Lipinski definition) is 3. The molecule has 2 aromatic rings. The molecule has 110 valence electrons. The van der Waals surface area contributed by atoms with Crippen molar-refractivity contribution in [3.05, 3.63) is 59.9 Å². The van der Waals surface area contributed by atoms with Crippen LogP contribution in [0.4, 0.5) is 13.2 Å². The van der Waals surface area contributed by atoms with Gasteiger partial charge >= 0.3 is 6.36 Å². The molecule has 1 unspecified atom stereocenters. The fourth-order valence-corrected chi connectivity index (χ4v) is 1.87. The topological polar surface area (TPSA) is 39.2 Å². The number of halogens is 3. The summed E-state index contributed by atoms with van der Waals surface area (Å²) in [6.07, 6.45) is -1.57. The van der Waals surface area contributed by atoms with Gasteiger partial charge in [-0.25, -0.2) is 0 Å². The van der Waals surface area contributed by atoms with Crippen molar-refractivity contribution in [2.24, 2.45) is 0 Å². The Morgan fingerprint density at radius 3 is 2.19 bits per heavy atom. The Balaban J connectivity index is 2.13. The summed E-state index contributed by atoms with van der Waals surface area (Å²) in [5, 5.41) is 0. The maximum absolute atomic E-state index is 12.3. The molecule has 0 aliphatic rings. The number of alkyl halides is 3. The molecule has 0 fully saturated rings. The van der Waals surface area contributed by atoms with E-state index in [-0.39, 0.29) is 11.5 Å². The molecule has 0 saturated carbocycles. The van der Waals surface area contributed by atoms with Crippen molar-refractivity contribution in [3.63, 3.8) is 0 Å². The van der Waals surface area contributed by atoms with Gasteiger partial charge in [0.05, 0.1) is 0 Å². The minimum absolute atomic E-state index is 0.181. The van der Waals surface area contributed by atoms with Crippen LogP contribution in [0.15, 0.2) is 48.8 Å². The van der Waals surface area contributed by atoms with Gasteiger partial charge in [0.25, 0.3) is 0 Å². The first-order valence-corrected chi connectivity index (χ1v) is 6.17. The largest absolute Gasteiger partial charge is 0.573 e. The maximum atomic E-state index is 12.3. The van der Waals surface area contributed by atoms with Crippen LogP contribution in [0.25, 0.3) is 0 Å². The Bertz CT molecular complexity index is 609. The fourth-order valence-electron chi connectivity index (χ4n) is 1.87. The summed E-state index contributed by atoms with van der Waals surface area (Å²) >= 11 is 0. The van der Waals surface area contributed by atoms with Gasteiger partial charge in [-0.05, 0) is 42.0 Å². The summed E-state index contributed by atoms with van der Waals surface area (Å²) < 4.78 is 39.9. The van der Waals surface area contributed by atoms with Crippen molar-refractivity contribution in [1.29, 1.82) is 0 Å². The van der Waals surface area contributed by atoms with Crippen LogP contribution in [0.2, 0.25) is 0 Å². The number of rotatable bonds is 4. The monoisotopic (exact) mass is 295 g/mol. The van der Waals surface area contributed by atoms with Crippen LogP contribution < -0.4 is 4.74 Å². The van der Waals surface area contributed by atoms with E-state index in [9.17, 15) is 18.0 Å². The summed E-state index contributed by atoms with van der Waals surface area (Å²) in [6, 6.07) is 8.34. The Hall–Kier alpha value is -2.37. The zero-order valence-electron chi connectivity index (χ0n) is 11.1. The first-order valence-electron chi connectivity index (χ1n) is 6.17. The molecule has 0 N–H and O–H groups in total. The van der Waals surface area contributed by atoms with Crippen LogP contribution in [0.5, 0.6) is 5.75 Å². The van der Waals surface area contributed by atoms with Gasteiger partial charge in [0.1, 0.15) is 5.75 Å². The normalized spacial score (nSPS) is 12.8. The molecule has 0 bridgehead atoms. The molecule has 6 heteroatoms. The Labute approximate surface area is 119 Å². The average Bonchev–Trinajstić information content (AvgIpc) is 2.46. The molecule has 1 aromatic carbocycles. The second-order valence-electron chi connectivity index (χ2n) is 4.44. The van der Waals surface area contributed by atoms with Gasteiger partial charge in [0, 0.05) is 23.9 Å². The first-order chi connectivity index (χ1) is 9.87. The van der Waals surface area contributed by atoms with Crippen LogP contribution in [0.1, 0.15) is 28.8 Å². The molecule has 1 atom stereocenters. The van der Waals surface area contributed by atoms with Crippen LogP contribution >= 0.6 is 0 Å². The van der Waals surface area contributed by atoms with E-state index in [0.717, 1.165) is 17.7 Å². The quantitative estimate of drug-likeness (QED) is 0.801. The lowest BCUT2D eigenvalue weighted by Crippen LogP contribution is -2.17. The minimum Gasteiger partial charge on any atom is -0.406 e. The Morgan fingerprint density at radius 2 is 1.67 bits per heavy atom. The van der Waals surface area contributed by atoms with Crippen LogP contribution in [0, 0.1) is 0 Å². The van der Waals surface area contributed by atoms with Gasteiger partial charge in [-0.1, -0.05) is 6.92 Å². The van der Waals surface area contributed by atoms with Crippen LogP contribution in [-0.4, -0.2) is 17.1 Å². The lowest BCUT2D eigenvalue weighted by molar-refractivity contribution is -0.274. The average molecular weight is 295 g/mol. The smallest absolute Gasteiger partial charge is 0.406 e. The molecular weight excluding hydrogens is 283 g/mol. The van der Waals surface area contributed by atoms with Crippen LogP contribution in [-0.2, 0) is 0 Å². The number of Topliss-reactive ketones (excluding diaryl/α,β-unsaturated/α-hetero) is 1. The third kappa shape index (κ3) is 4.05. The number of carbonyl (C=O) groups excluding carboxylic acids is 1. The highest BCUT2D eigenvalue weighted by Gasteiger charge is 2.31. The molecular formula is C15H12F3NO2. The predicted octanol–water partition coefficient (Wildman–Crippen LogP) is 3.97. The van der Waals surface area contributed by atoms with Crippen molar-refractivity contribution in [2.75, 3.05) is 0 Å². The number of aromatic nitrogens is 1. The van der Waals surface area contributed by atoms with E-state index in [0.29, 0.717) is 5.56 Å². The molecule has 0 spiro atoms. The Morgan fingerprint density at radius 1 is 1.10 bits per heavy atom. The first kappa shape index (κ1) is 15.0. The highest BCUT2D eigenvalue weighted by molar-refractivity contribution is 6.00. The summed E-state index contributed by atoms with van der Waals surface area (Å²) in [6.45, 7) is 1.73. The maximum Gasteiger partial charge on any atom is 0.573 e. The van der Waals surface area contributed by atoms with Crippen molar-refractivity contribution in [2.45, 2.75) is 19.2 Å². The van der Waals surface area contributed by atoms with Gasteiger partial charge in [-0.3, -0.25) is 9.78 Å². The van der Waals surface area contributed by atoms with E-state index in [1.165, 1.54) is 12.1 Å². The summed E-state index contributed by atoms with van der Waals surface area (Å²) in [7, 11) is 0. The van der Waals surface area contributed by atoms with E-state index in [1.54, 1.807) is 31.5 Å². The second-order valence-corrected chi connectivity index (χ2v) is 4.44. The minimum atomic E-state index is -4.74. The molecule has 0 radical (unpaired) electrons. The number of hydrogen-bond donors (Lipinski definition) is 0. The summed E-state index contributed by atoms with van der Waals surface area (Å²) in [5.74, 6) is -0.933. The summed E-state index contributed by atoms with van der Waals surface area (Å²) in [5.41, 5.74) is 1.12. The van der Waals surface area contributed by atoms with Crippen molar-refractivity contribution in [1.82, 2.24) is 4.98 Å². The summed E-state index contributed by atoms with van der Waals surface area (Å²) in [4.78, 5) is 16.1. The van der Waals surface area contributed by atoms with Crippen molar-refractivity contribution in [3.8, 4) is 5.75 Å². The van der Waals surface area contributed by atoms with E-state index in [2.05, 4.69) is 9.72 Å². The highest BCUT2D eigenvalue weighted by Crippen LogP contribution is 2.25. The van der Waals surface area contributed by atoms with E-state index >= 15 is 0 Å². The molecule has 1 heterocycles.